The second kappa shape index (κ2) is 5.20. The minimum Gasteiger partial charge on any atom is -0.366 e. The van der Waals surface area contributed by atoms with Crippen LogP contribution in [-0.2, 0) is 0 Å². The summed E-state index contributed by atoms with van der Waals surface area (Å²) in [4.78, 5) is 9.95. The van der Waals surface area contributed by atoms with E-state index in [-0.39, 0.29) is 0 Å². The molecule has 3 nitrogen and oxygen atoms in total. The first kappa shape index (κ1) is 14.2. The predicted molar refractivity (Wildman–Crippen MR) is 94.7 cm³/mol. The van der Waals surface area contributed by atoms with Crippen LogP contribution in [0.25, 0.3) is 5.57 Å². The molecule has 1 fully saturated rings. The van der Waals surface area contributed by atoms with Gasteiger partial charge in [-0.15, -0.1) is 0 Å². The Kier molecular flexibility index (Phi) is 3.69. The summed E-state index contributed by atoms with van der Waals surface area (Å²) < 4.78 is 0.490. The summed E-state index contributed by atoms with van der Waals surface area (Å²) in [6.07, 6.45) is 1.24. The number of fused-ring (bicyclic) bond motifs is 4. The van der Waals surface area contributed by atoms with Crippen molar-refractivity contribution in [3.05, 3.63) is 24.4 Å². The number of anilines is 2. The highest BCUT2D eigenvalue weighted by molar-refractivity contribution is 14.1. The molecule has 3 heterocycles. The molecule has 3 rings (SSSR count). The minimum atomic E-state index is 0.490. The van der Waals surface area contributed by atoms with Crippen molar-refractivity contribution in [2.24, 2.45) is 5.92 Å². The van der Waals surface area contributed by atoms with Crippen molar-refractivity contribution < 1.29 is 0 Å². The third-order valence-electron chi connectivity index (χ3n) is 4.25. The lowest BCUT2D eigenvalue weighted by molar-refractivity contribution is 0.526. The van der Waals surface area contributed by atoms with E-state index < -0.39 is 0 Å². The fraction of sp³-hybridized carbons (Fsp3) is 0.562. The molecule has 1 aromatic heterocycles. The van der Waals surface area contributed by atoms with Crippen LogP contribution in [0.3, 0.4) is 0 Å². The molecule has 2 bridgehead atoms. The average molecular weight is 383 g/mol. The Morgan fingerprint density at radius 1 is 1.45 bits per heavy atom. The van der Waals surface area contributed by atoms with E-state index in [1.807, 2.05) is 6.92 Å². The second-order valence-corrected chi connectivity index (χ2v) is 7.51. The Bertz CT molecular complexity index is 541. The highest BCUT2D eigenvalue weighted by Gasteiger charge is 2.40. The van der Waals surface area contributed by atoms with Crippen molar-refractivity contribution in [3.63, 3.8) is 0 Å². The Morgan fingerprint density at radius 2 is 2.20 bits per heavy atom. The van der Waals surface area contributed by atoms with Gasteiger partial charge in [0, 0.05) is 13.1 Å². The van der Waals surface area contributed by atoms with Crippen molar-refractivity contribution in [1.82, 2.24) is 4.98 Å². The van der Waals surface area contributed by atoms with Crippen LogP contribution in [0.15, 0.2) is 18.7 Å². The molecule has 0 aliphatic carbocycles. The molecule has 0 N–H and O–H groups in total. The minimum absolute atomic E-state index is 0.490. The van der Waals surface area contributed by atoms with Crippen molar-refractivity contribution >= 4 is 39.7 Å². The third kappa shape index (κ3) is 2.22. The summed E-state index contributed by atoms with van der Waals surface area (Å²) in [7, 11) is 0. The summed E-state index contributed by atoms with van der Waals surface area (Å²) in [5.74, 6) is 1.78. The molecular formula is C16H22IN3. The molecule has 0 amide bonds. The van der Waals surface area contributed by atoms with E-state index in [1.54, 1.807) is 0 Å². The topological polar surface area (TPSA) is 19.4 Å². The number of alkyl halides is 1. The molecule has 1 saturated heterocycles. The normalized spacial score (nSPS) is 22.1. The largest absolute Gasteiger partial charge is 0.366 e. The van der Waals surface area contributed by atoms with E-state index in [0.717, 1.165) is 30.2 Å². The van der Waals surface area contributed by atoms with Crippen LogP contribution >= 0.6 is 22.6 Å². The molecule has 0 radical (unpaired) electrons. The fourth-order valence-corrected chi connectivity index (χ4v) is 3.83. The number of hydrogen-bond acceptors (Lipinski definition) is 3. The van der Waals surface area contributed by atoms with Gasteiger partial charge in [0.2, 0.25) is 0 Å². The van der Waals surface area contributed by atoms with Crippen LogP contribution in [-0.4, -0.2) is 28.2 Å². The Hall–Kier alpha value is -0.780. The van der Waals surface area contributed by atoms with Gasteiger partial charge in [-0.1, -0.05) is 43.0 Å². The Balaban J connectivity index is 2.09. The molecule has 4 heteroatoms. The first-order valence-corrected chi connectivity index (χ1v) is 8.58. The molecule has 0 unspecified atom stereocenters. The van der Waals surface area contributed by atoms with Gasteiger partial charge in [0.15, 0.2) is 5.82 Å². The quantitative estimate of drug-likeness (QED) is 0.448. The number of halogens is 1. The first-order valence-electron chi connectivity index (χ1n) is 7.33. The maximum Gasteiger partial charge on any atom is 0.154 e. The van der Waals surface area contributed by atoms with Gasteiger partial charge >= 0.3 is 0 Å². The molecule has 108 valence electrons. The molecule has 2 aliphatic heterocycles. The zero-order valence-electron chi connectivity index (χ0n) is 12.4. The van der Waals surface area contributed by atoms with Crippen LogP contribution < -0.4 is 9.80 Å². The standard InChI is InChI=1S/C16H22IN3/c1-10(2)13-5-6-14-16(18-13)20(15(17)11(3)4)12-7-8-19(14)9-12/h5-6,11-12,15H,1,7-9H2,2-4H3/t12-,15-/m0/s1. The summed E-state index contributed by atoms with van der Waals surface area (Å²) in [6.45, 7) is 13.0. The summed E-state index contributed by atoms with van der Waals surface area (Å²) in [5, 5.41) is 0. The number of aromatic nitrogens is 1. The summed E-state index contributed by atoms with van der Waals surface area (Å²) >= 11 is 2.58. The zero-order chi connectivity index (χ0) is 14.4. The summed E-state index contributed by atoms with van der Waals surface area (Å²) in [5.41, 5.74) is 3.35. The van der Waals surface area contributed by atoms with E-state index in [1.165, 1.54) is 12.1 Å². The van der Waals surface area contributed by atoms with E-state index in [9.17, 15) is 0 Å². The van der Waals surface area contributed by atoms with Gasteiger partial charge in [-0.2, -0.15) is 0 Å². The maximum absolute atomic E-state index is 4.92. The van der Waals surface area contributed by atoms with E-state index in [2.05, 4.69) is 64.9 Å². The van der Waals surface area contributed by atoms with E-state index in [4.69, 9.17) is 4.98 Å². The van der Waals surface area contributed by atoms with Gasteiger partial charge in [0.25, 0.3) is 0 Å². The number of pyridine rings is 1. The lowest BCUT2D eigenvalue weighted by Gasteiger charge is -2.41. The fourth-order valence-electron chi connectivity index (χ4n) is 3.12. The number of nitrogens with zero attached hydrogens (tertiary/aromatic N) is 3. The van der Waals surface area contributed by atoms with Gasteiger partial charge < -0.3 is 9.80 Å². The summed E-state index contributed by atoms with van der Waals surface area (Å²) in [6, 6.07) is 4.94. The van der Waals surface area contributed by atoms with Crippen molar-refractivity contribution in [3.8, 4) is 0 Å². The van der Waals surface area contributed by atoms with E-state index in [0.29, 0.717) is 16.0 Å². The SMILES string of the molecule is C=C(C)c1ccc2c(n1)N([C@H](I)C(C)C)[C@H]1CCN2C1. The van der Waals surface area contributed by atoms with Crippen LogP contribution in [0.1, 0.15) is 32.9 Å². The van der Waals surface area contributed by atoms with Crippen LogP contribution in [0.5, 0.6) is 0 Å². The Labute approximate surface area is 135 Å². The molecule has 1 aromatic rings. The van der Waals surface area contributed by atoms with Crippen molar-refractivity contribution in [2.75, 3.05) is 22.9 Å². The molecule has 0 aromatic carbocycles. The molecule has 0 saturated carbocycles. The van der Waals surface area contributed by atoms with Crippen molar-refractivity contribution in [1.29, 1.82) is 0 Å². The van der Waals surface area contributed by atoms with Gasteiger partial charge in [-0.25, -0.2) is 4.98 Å². The predicted octanol–water partition coefficient (Wildman–Crippen LogP) is 3.93. The van der Waals surface area contributed by atoms with Gasteiger partial charge in [-0.05, 0) is 37.0 Å². The van der Waals surface area contributed by atoms with Gasteiger partial charge in [0.05, 0.1) is 21.5 Å². The first-order chi connectivity index (χ1) is 9.49. The van der Waals surface area contributed by atoms with E-state index >= 15 is 0 Å². The third-order valence-corrected chi connectivity index (χ3v) is 6.29. The zero-order valence-corrected chi connectivity index (χ0v) is 14.6. The Morgan fingerprint density at radius 3 is 2.85 bits per heavy atom. The van der Waals surface area contributed by atoms with Gasteiger partial charge in [-0.3, -0.25) is 0 Å². The smallest absolute Gasteiger partial charge is 0.154 e. The van der Waals surface area contributed by atoms with Crippen LogP contribution in [0, 0.1) is 5.92 Å². The highest BCUT2D eigenvalue weighted by Crippen LogP contribution is 2.42. The van der Waals surface area contributed by atoms with Crippen LogP contribution in [0.4, 0.5) is 11.5 Å². The monoisotopic (exact) mass is 383 g/mol. The van der Waals surface area contributed by atoms with Crippen LogP contribution in [0.2, 0.25) is 0 Å². The second-order valence-electron chi connectivity index (χ2n) is 6.23. The maximum atomic E-state index is 4.92. The number of allylic oxidation sites excluding steroid dienone is 1. The lowest BCUT2D eigenvalue weighted by atomic mass is 10.1. The van der Waals surface area contributed by atoms with Gasteiger partial charge in [0.1, 0.15) is 0 Å². The number of hydrogen-bond donors (Lipinski definition) is 0. The lowest BCUT2D eigenvalue weighted by Crippen LogP contribution is -2.48. The van der Waals surface area contributed by atoms with Crippen molar-refractivity contribution in [2.45, 2.75) is 37.3 Å². The number of rotatable bonds is 3. The molecular weight excluding hydrogens is 361 g/mol. The molecule has 2 aliphatic rings. The molecule has 2 atom stereocenters. The average Bonchev–Trinajstić information content (AvgIpc) is 2.83. The molecule has 0 spiro atoms. The highest BCUT2D eigenvalue weighted by atomic mass is 127. The molecule has 20 heavy (non-hydrogen) atoms.